The molecule has 1 aliphatic carbocycles. The average Bonchev–Trinajstić information content (AvgIpc) is 3.19. The molecule has 188 valence electrons. The Morgan fingerprint density at radius 2 is 1.81 bits per heavy atom. The van der Waals surface area contributed by atoms with Crippen LogP contribution in [-0.2, 0) is 19.3 Å². The Morgan fingerprint density at radius 1 is 1.06 bits per heavy atom. The van der Waals surface area contributed by atoms with Gasteiger partial charge in [0.25, 0.3) is 0 Å². The first kappa shape index (κ1) is 22.7. The van der Waals surface area contributed by atoms with E-state index in [-0.39, 0.29) is 24.1 Å². The molecule has 0 N–H and O–H groups in total. The third kappa shape index (κ3) is 3.94. The minimum Gasteiger partial charge on any atom is -0.473 e. The Morgan fingerprint density at radius 3 is 2.53 bits per heavy atom. The molecule has 3 aliphatic heterocycles. The summed E-state index contributed by atoms with van der Waals surface area (Å²) in [6, 6.07) is 5.43. The zero-order valence-corrected chi connectivity index (χ0v) is 18.6. The Hall–Kier alpha value is -3.70. The fourth-order valence-corrected chi connectivity index (χ4v) is 5.27. The summed E-state index contributed by atoms with van der Waals surface area (Å²) in [5.41, 5.74) is -1.61. The van der Waals surface area contributed by atoms with Gasteiger partial charge in [-0.1, -0.05) is 0 Å². The van der Waals surface area contributed by atoms with Crippen LogP contribution >= 0.6 is 0 Å². The van der Waals surface area contributed by atoms with Crippen molar-refractivity contribution in [1.82, 2.24) is 14.5 Å². The molecule has 12 heteroatoms. The van der Waals surface area contributed by atoms with Gasteiger partial charge in [-0.05, 0) is 48.4 Å². The van der Waals surface area contributed by atoms with Crippen molar-refractivity contribution in [2.75, 3.05) is 11.4 Å². The van der Waals surface area contributed by atoms with Gasteiger partial charge in [-0.15, -0.1) is 0 Å². The number of nitrogens with zero attached hydrogens (tertiary/aromatic N) is 4. The molecule has 7 rings (SSSR count). The first-order valence-electron chi connectivity index (χ1n) is 11.4. The van der Waals surface area contributed by atoms with E-state index in [1.54, 1.807) is 10.6 Å². The number of hydrogen-bond acceptors (Lipinski definition) is 6. The van der Waals surface area contributed by atoms with Gasteiger partial charge in [0, 0.05) is 31.4 Å². The lowest BCUT2D eigenvalue weighted by molar-refractivity contribution is -0.141. The summed E-state index contributed by atoms with van der Waals surface area (Å²) >= 11 is 0. The second-order valence-electron chi connectivity index (χ2n) is 9.32. The summed E-state index contributed by atoms with van der Waals surface area (Å²) in [5.74, 6) is -1.55. The quantitative estimate of drug-likeness (QED) is 0.474. The topological polar surface area (TPSA) is 69.5 Å². The summed E-state index contributed by atoms with van der Waals surface area (Å²) in [7, 11) is 0. The third-order valence-electron chi connectivity index (χ3n) is 6.99. The fourth-order valence-electron chi connectivity index (χ4n) is 5.27. The first-order chi connectivity index (χ1) is 17.2. The van der Waals surface area contributed by atoms with Crippen molar-refractivity contribution in [3.05, 3.63) is 69.9 Å². The fraction of sp³-hybridized carbons (Fsp3) is 0.375. The Balaban J connectivity index is 1.18. The van der Waals surface area contributed by atoms with E-state index in [0.717, 1.165) is 36.8 Å². The van der Waals surface area contributed by atoms with E-state index in [4.69, 9.17) is 9.47 Å². The van der Waals surface area contributed by atoms with Crippen molar-refractivity contribution in [3.8, 4) is 17.4 Å². The molecule has 5 heterocycles. The molecule has 1 aromatic carbocycles. The van der Waals surface area contributed by atoms with Gasteiger partial charge < -0.3 is 14.4 Å². The van der Waals surface area contributed by atoms with Gasteiger partial charge in [0.2, 0.25) is 5.88 Å². The van der Waals surface area contributed by atoms with Crippen molar-refractivity contribution in [2.24, 2.45) is 11.8 Å². The normalized spacial score (nSPS) is 22.0. The molecule has 0 amide bonds. The zero-order valence-electron chi connectivity index (χ0n) is 18.6. The number of pyridine rings is 1. The Bertz CT molecular complexity index is 1380. The molecule has 36 heavy (non-hydrogen) atoms. The van der Waals surface area contributed by atoms with Crippen LogP contribution in [0, 0.1) is 23.5 Å². The number of halogens is 5. The molecule has 3 fully saturated rings. The van der Waals surface area contributed by atoms with Crippen molar-refractivity contribution in [1.29, 1.82) is 0 Å². The molecule has 0 spiro atoms. The van der Waals surface area contributed by atoms with Crippen molar-refractivity contribution >= 4 is 5.82 Å². The van der Waals surface area contributed by atoms with Gasteiger partial charge >= 0.3 is 11.9 Å². The van der Waals surface area contributed by atoms with Crippen molar-refractivity contribution < 1.29 is 31.4 Å². The molecular formula is C24H19F5N4O3. The van der Waals surface area contributed by atoms with Crippen LogP contribution in [0.5, 0.6) is 17.4 Å². The summed E-state index contributed by atoms with van der Waals surface area (Å²) in [6.45, 7) is 1.19. The summed E-state index contributed by atoms with van der Waals surface area (Å²) in [4.78, 5) is 21.9. The number of benzene rings is 1. The van der Waals surface area contributed by atoms with Crippen LogP contribution in [0.2, 0.25) is 0 Å². The highest BCUT2D eigenvalue weighted by atomic mass is 19.4. The van der Waals surface area contributed by atoms with Crippen LogP contribution in [0.3, 0.4) is 0 Å². The van der Waals surface area contributed by atoms with E-state index in [1.807, 2.05) is 0 Å². The molecule has 3 aromatic rings. The summed E-state index contributed by atoms with van der Waals surface area (Å²) in [5, 5.41) is 0. The van der Waals surface area contributed by atoms with Gasteiger partial charge in [0.1, 0.15) is 23.9 Å². The molecule has 1 saturated carbocycles. The van der Waals surface area contributed by atoms with Gasteiger partial charge in [-0.2, -0.15) is 18.2 Å². The number of fused-ring (bicyclic) bond motifs is 1. The number of rotatable bonds is 5. The van der Waals surface area contributed by atoms with Gasteiger partial charge in [0.05, 0.1) is 6.04 Å². The third-order valence-corrected chi connectivity index (χ3v) is 6.99. The molecule has 0 radical (unpaired) electrons. The Labute approximate surface area is 201 Å². The van der Waals surface area contributed by atoms with Gasteiger partial charge in [-0.25, -0.2) is 13.6 Å². The predicted molar refractivity (Wildman–Crippen MR) is 116 cm³/mol. The number of piperidine rings is 2. The standard InChI is InChI=1S/C24H19F5N4O3/c25-16-5-13(6-17(26)22(16)36-15-1-2-30-19(7-15)24(27,28)29)11-35-20-8-21-32-9-12-3-14(4-12)18(32)10-33(21)23(34)31-20/h1-2,5-8,12,14,18H,3-4,9-11H2/t12?,14?,18-/m0/s1. The number of alkyl halides is 3. The SMILES string of the molecule is O=c1nc(OCc2cc(F)c(Oc3ccnc(C(F)(F)F)c3)c(F)c2)cc2n1C[C@H]1C3CC(C3)CN21. The lowest BCUT2D eigenvalue weighted by atomic mass is 9.67. The zero-order chi connectivity index (χ0) is 25.2. The molecule has 2 saturated heterocycles. The maximum atomic E-state index is 14.6. The van der Waals surface area contributed by atoms with Crippen LogP contribution in [0.15, 0.2) is 41.3 Å². The largest absolute Gasteiger partial charge is 0.473 e. The Kier molecular flexibility index (Phi) is 5.16. The molecule has 4 aliphatic rings. The molecule has 1 atom stereocenters. The number of hydrogen-bond donors (Lipinski definition) is 0. The first-order valence-corrected chi connectivity index (χ1v) is 11.4. The molecule has 0 unspecified atom stereocenters. The minimum atomic E-state index is -4.74. The summed E-state index contributed by atoms with van der Waals surface area (Å²) in [6.07, 6.45) is -1.54. The molecular weight excluding hydrogens is 487 g/mol. The van der Waals surface area contributed by atoms with Crippen LogP contribution in [0.1, 0.15) is 24.1 Å². The maximum absolute atomic E-state index is 14.6. The van der Waals surface area contributed by atoms with E-state index < -0.39 is 40.7 Å². The van der Waals surface area contributed by atoms with E-state index in [9.17, 15) is 26.7 Å². The smallest absolute Gasteiger partial charge is 0.433 e. The monoisotopic (exact) mass is 506 g/mol. The van der Waals surface area contributed by atoms with Crippen LogP contribution in [0.25, 0.3) is 0 Å². The van der Waals surface area contributed by atoms with Crippen LogP contribution in [-0.4, -0.2) is 27.1 Å². The van der Waals surface area contributed by atoms with Crippen LogP contribution in [0.4, 0.5) is 27.8 Å². The lowest BCUT2D eigenvalue weighted by Crippen LogP contribution is -2.54. The lowest BCUT2D eigenvalue weighted by Gasteiger charge is -2.50. The van der Waals surface area contributed by atoms with E-state index in [2.05, 4.69) is 14.9 Å². The molecule has 2 aromatic heterocycles. The maximum Gasteiger partial charge on any atom is 0.433 e. The highest BCUT2D eigenvalue weighted by Gasteiger charge is 2.48. The van der Waals surface area contributed by atoms with Gasteiger partial charge in [-0.3, -0.25) is 9.55 Å². The number of anilines is 1. The van der Waals surface area contributed by atoms with Gasteiger partial charge in [0.15, 0.2) is 17.4 Å². The highest BCUT2D eigenvalue weighted by molar-refractivity contribution is 5.49. The van der Waals surface area contributed by atoms with E-state index in [1.165, 1.54) is 12.8 Å². The second-order valence-corrected chi connectivity index (χ2v) is 9.32. The minimum absolute atomic E-state index is 0.0451. The second kappa shape index (κ2) is 8.17. The number of ether oxygens (including phenoxy) is 2. The molecule has 2 bridgehead atoms. The molecule has 7 nitrogen and oxygen atoms in total. The van der Waals surface area contributed by atoms with E-state index in [0.29, 0.717) is 24.4 Å². The van der Waals surface area contributed by atoms with Crippen LogP contribution < -0.4 is 20.1 Å². The van der Waals surface area contributed by atoms with Crippen molar-refractivity contribution in [3.63, 3.8) is 0 Å². The number of aromatic nitrogens is 3. The highest BCUT2D eigenvalue weighted by Crippen LogP contribution is 2.48. The van der Waals surface area contributed by atoms with E-state index >= 15 is 0 Å². The summed E-state index contributed by atoms with van der Waals surface area (Å²) < 4.78 is 79.9. The predicted octanol–water partition coefficient (Wildman–Crippen LogP) is 4.54. The van der Waals surface area contributed by atoms with Crippen molar-refractivity contribution in [2.45, 2.75) is 38.2 Å². The average molecular weight is 506 g/mol.